The van der Waals surface area contributed by atoms with Crippen LogP contribution in [0.15, 0.2) is 36.5 Å². The van der Waals surface area contributed by atoms with Crippen LogP contribution < -0.4 is 9.64 Å². The second-order valence-corrected chi connectivity index (χ2v) is 7.15. The third kappa shape index (κ3) is 3.28. The topological polar surface area (TPSA) is 32.8 Å². The van der Waals surface area contributed by atoms with Crippen molar-refractivity contribution in [2.24, 2.45) is 5.92 Å². The second kappa shape index (κ2) is 6.88. The largest absolute Gasteiger partial charge is 0.489 e. The summed E-state index contributed by atoms with van der Waals surface area (Å²) in [5.41, 5.74) is 1.21. The number of ether oxygens (including phenoxy) is 1. The van der Waals surface area contributed by atoms with E-state index in [9.17, 15) is 4.79 Å². The van der Waals surface area contributed by atoms with E-state index >= 15 is 0 Å². The van der Waals surface area contributed by atoms with Gasteiger partial charge in [-0.1, -0.05) is 18.9 Å². The fourth-order valence-electron chi connectivity index (χ4n) is 4.07. The molecule has 1 atom stereocenters. The number of nitrogens with zero attached hydrogens (tertiary/aromatic N) is 2. The molecule has 1 saturated carbocycles. The Labute approximate surface area is 144 Å². The van der Waals surface area contributed by atoms with E-state index in [4.69, 9.17) is 4.74 Å². The Morgan fingerprint density at radius 3 is 2.54 bits per heavy atom. The van der Waals surface area contributed by atoms with Crippen LogP contribution >= 0.6 is 0 Å². The summed E-state index contributed by atoms with van der Waals surface area (Å²) in [5.74, 6) is 1.54. The maximum Gasteiger partial charge on any atom is 0.225 e. The van der Waals surface area contributed by atoms with Crippen LogP contribution in [0.4, 0.5) is 5.69 Å². The number of hydrogen-bond donors (Lipinski definition) is 0. The number of anilines is 1. The maximum absolute atomic E-state index is 12.5. The molecule has 3 aliphatic rings. The third-order valence-corrected chi connectivity index (χ3v) is 5.45. The van der Waals surface area contributed by atoms with Gasteiger partial charge < -0.3 is 14.5 Å². The van der Waals surface area contributed by atoms with Crippen molar-refractivity contribution < 1.29 is 9.53 Å². The quantitative estimate of drug-likeness (QED) is 0.848. The van der Waals surface area contributed by atoms with E-state index in [2.05, 4.69) is 29.3 Å². The normalized spacial score (nSPS) is 24.1. The summed E-state index contributed by atoms with van der Waals surface area (Å²) in [4.78, 5) is 16.8. The smallest absolute Gasteiger partial charge is 0.225 e. The molecule has 128 valence electrons. The van der Waals surface area contributed by atoms with Crippen LogP contribution in [0.5, 0.6) is 5.75 Å². The standard InChI is InChI=1S/C20H26N2O2/c23-20(16-5-1-2-6-16)22-14-11-19(15-22)24-18-9-7-17(8-10-18)21-12-3-4-13-21/h3,7-10,12,16,19H,1-2,4-6,11,13-15H2. The SMILES string of the molecule is O=C(C1CCCC1)N1CCC(Oc2ccc(N3C=CCC3)cc2)C1. The van der Waals surface area contributed by atoms with Crippen LogP contribution in [0.3, 0.4) is 0 Å². The molecule has 1 aromatic carbocycles. The molecule has 1 aromatic rings. The Hall–Kier alpha value is -1.97. The molecule has 2 fully saturated rings. The number of likely N-dealkylation sites (tertiary alicyclic amines) is 1. The first kappa shape index (κ1) is 15.6. The fraction of sp³-hybridized carbons (Fsp3) is 0.550. The van der Waals surface area contributed by atoms with Gasteiger partial charge in [0.05, 0.1) is 6.54 Å². The van der Waals surface area contributed by atoms with Gasteiger partial charge in [-0.2, -0.15) is 0 Å². The summed E-state index contributed by atoms with van der Waals surface area (Å²) in [6.45, 7) is 2.64. The summed E-state index contributed by atoms with van der Waals surface area (Å²) in [6, 6.07) is 8.31. The summed E-state index contributed by atoms with van der Waals surface area (Å²) in [6.07, 6.45) is 11.1. The van der Waals surface area contributed by atoms with E-state index in [-0.39, 0.29) is 12.0 Å². The molecule has 1 saturated heterocycles. The highest BCUT2D eigenvalue weighted by atomic mass is 16.5. The zero-order valence-electron chi connectivity index (χ0n) is 14.2. The predicted molar refractivity (Wildman–Crippen MR) is 95.1 cm³/mol. The average Bonchev–Trinajstić information content (AvgIpc) is 3.37. The zero-order chi connectivity index (χ0) is 16.4. The first-order valence-electron chi connectivity index (χ1n) is 9.28. The Morgan fingerprint density at radius 2 is 1.83 bits per heavy atom. The number of hydrogen-bond acceptors (Lipinski definition) is 3. The number of benzene rings is 1. The van der Waals surface area contributed by atoms with Crippen molar-refractivity contribution in [1.29, 1.82) is 0 Å². The predicted octanol–water partition coefficient (Wildman–Crippen LogP) is 3.58. The first-order valence-corrected chi connectivity index (χ1v) is 9.28. The van der Waals surface area contributed by atoms with E-state index < -0.39 is 0 Å². The first-order chi connectivity index (χ1) is 11.8. The Bertz CT molecular complexity index is 605. The van der Waals surface area contributed by atoms with Crippen molar-refractivity contribution in [2.75, 3.05) is 24.5 Å². The lowest BCUT2D eigenvalue weighted by Gasteiger charge is -2.21. The third-order valence-electron chi connectivity index (χ3n) is 5.45. The monoisotopic (exact) mass is 326 g/mol. The molecule has 0 bridgehead atoms. The molecule has 4 nitrogen and oxygen atoms in total. The molecule has 0 radical (unpaired) electrons. The summed E-state index contributed by atoms with van der Waals surface area (Å²) < 4.78 is 6.11. The lowest BCUT2D eigenvalue weighted by Crippen LogP contribution is -2.34. The maximum atomic E-state index is 12.5. The molecule has 1 unspecified atom stereocenters. The fourth-order valence-corrected chi connectivity index (χ4v) is 4.07. The van der Waals surface area contributed by atoms with Gasteiger partial charge in [0.25, 0.3) is 0 Å². The van der Waals surface area contributed by atoms with Gasteiger partial charge in [-0.25, -0.2) is 0 Å². The van der Waals surface area contributed by atoms with Gasteiger partial charge in [0.1, 0.15) is 11.9 Å². The molecule has 0 aromatic heterocycles. The van der Waals surface area contributed by atoms with Gasteiger partial charge in [-0.3, -0.25) is 4.79 Å². The Kier molecular flexibility index (Phi) is 4.46. The number of rotatable bonds is 4. The molecule has 2 heterocycles. The molecule has 1 amide bonds. The van der Waals surface area contributed by atoms with Gasteiger partial charge in [0, 0.05) is 37.3 Å². The van der Waals surface area contributed by atoms with E-state index in [0.29, 0.717) is 5.91 Å². The number of carbonyl (C=O) groups is 1. The average molecular weight is 326 g/mol. The van der Waals surface area contributed by atoms with Gasteiger partial charge >= 0.3 is 0 Å². The van der Waals surface area contributed by atoms with Gasteiger partial charge in [-0.05, 0) is 43.5 Å². The van der Waals surface area contributed by atoms with E-state index in [1.165, 1.54) is 18.5 Å². The highest BCUT2D eigenvalue weighted by molar-refractivity contribution is 5.79. The van der Waals surface area contributed by atoms with E-state index in [1.54, 1.807) is 0 Å². The summed E-state index contributed by atoms with van der Waals surface area (Å²) in [5, 5.41) is 0. The molecule has 1 aliphatic carbocycles. The van der Waals surface area contributed by atoms with Crippen molar-refractivity contribution in [3.05, 3.63) is 36.5 Å². The zero-order valence-corrected chi connectivity index (χ0v) is 14.2. The molecule has 2 aliphatic heterocycles. The van der Waals surface area contributed by atoms with Crippen LogP contribution in [0.25, 0.3) is 0 Å². The Morgan fingerprint density at radius 1 is 1.04 bits per heavy atom. The molecule has 0 N–H and O–H groups in total. The van der Waals surface area contributed by atoms with Crippen LogP contribution in [-0.4, -0.2) is 36.5 Å². The highest BCUT2D eigenvalue weighted by Gasteiger charge is 2.33. The molecule has 4 rings (SSSR count). The number of amides is 1. The second-order valence-electron chi connectivity index (χ2n) is 7.15. The van der Waals surface area contributed by atoms with Crippen molar-refractivity contribution in [2.45, 2.75) is 44.6 Å². The molecule has 4 heteroatoms. The highest BCUT2D eigenvalue weighted by Crippen LogP contribution is 2.29. The minimum Gasteiger partial charge on any atom is -0.489 e. The molecule has 0 spiro atoms. The number of carbonyl (C=O) groups excluding carboxylic acids is 1. The molecule has 24 heavy (non-hydrogen) atoms. The van der Waals surface area contributed by atoms with Crippen molar-refractivity contribution in [1.82, 2.24) is 4.90 Å². The van der Waals surface area contributed by atoms with Gasteiger partial charge in [0.2, 0.25) is 5.91 Å². The van der Waals surface area contributed by atoms with Gasteiger partial charge in [-0.15, -0.1) is 0 Å². The minimum absolute atomic E-state index is 0.132. The van der Waals surface area contributed by atoms with Crippen LogP contribution in [-0.2, 0) is 4.79 Å². The van der Waals surface area contributed by atoms with E-state index in [1.807, 2.05) is 17.0 Å². The lowest BCUT2D eigenvalue weighted by atomic mass is 10.1. The summed E-state index contributed by atoms with van der Waals surface area (Å²) in [7, 11) is 0. The van der Waals surface area contributed by atoms with Crippen molar-refractivity contribution in [3.63, 3.8) is 0 Å². The van der Waals surface area contributed by atoms with Crippen molar-refractivity contribution in [3.8, 4) is 5.75 Å². The van der Waals surface area contributed by atoms with Crippen LogP contribution in [0, 0.1) is 5.92 Å². The minimum atomic E-state index is 0.132. The van der Waals surface area contributed by atoms with Crippen molar-refractivity contribution >= 4 is 11.6 Å². The lowest BCUT2D eigenvalue weighted by molar-refractivity contribution is -0.134. The van der Waals surface area contributed by atoms with Gasteiger partial charge in [0.15, 0.2) is 0 Å². The Balaban J connectivity index is 1.31. The van der Waals surface area contributed by atoms with Crippen LogP contribution in [0.2, 0.25) is 0 Å². The van der Waals surface area contributed by atoms with E-state index in [0.717, 1.165) is 51.1 Å². The van der Waals surface area contributed by atoms with Crippen LogP contribution in [0.1, 0.15) is 38.5 Å². The molecular formula is C20H26N2O2. The summed E-state index contributed by atoms with van der Waals surface area (Å²) >= 11 is 0. The molecular weight excluding hydrogens is 300 g/mol.